The largest absolute Gasteiger partial charge is 0.356 e. The first-order valence-electron chi connectivity index (χ1n) is 6.27. The number of nitrogens with zero attached hydrogens (tertiary/aromatic N) is 1. The minimum Gasteiger partial charge on any atom is -0.356 e. The number of nitrogens with two attached hydrogens (primary N) is 1. The summed E-state index contributed by atoms with van der Waals surface area (Å²) >= 11 is 0. The third-order valence-electron chi connectivity index (χ3n) is 2.63. The fourth-order valence-electron chi connectivity index (χ4n) is 1.63. The van der Waals surface area contributed by atoms with Crippen LogP contribution in [-0.4, -0.2) is 29.0 Å². The Bertz CT molecular complexity index is 297. The molecule has 0 saturated carbocycles. The van der Waals surface area contributed by atoms with E-state index >= 15 is 0 Å². The zero-order chi connectivity index (χ0) is 12.3. The summed E-state index contributed by atoms with van der Waals surface area (Å²) < 4.78 is 0. The monoisotopic (exact) mass is 238 g/mol. The van der Waals surface area contributed by atoms with Gasteiger partial charge in [-0.15, -0.1) is 0 Å². The van der Waals surface area contributed by atoms with Crippen LogP contribution in [0.25, 0.3) is 0 Å². The van der Waals surface area contributed by atoms with Crippen molar-refractivity contribution in [1.29, 1.82) is 0 Å². The molecule has 1 heterocycles. The average molecular weight is 238 g/mol. The van der Waals surface area contributed by atoms with Gasteiger partial charge in [-0.05, 0) is 19.4 Å². The Labute approximate surface area is 102 Å². The molecule has 0 bridgehead atoms. The molecule has 1 aromatic heterocycles. The van der Waals surface area contributed by atoms with Crippen LogP contribution in [0.5, 0.6) is 0 Å². The highest BCUT2D eigenvalue weighted by Gasteiger charge is 2.01. The summed E-state index contributed by atoms with van der Waals surface area (Å²) in [5.41, 5.74) is 6.44. The van der Waals surface area contributed by atoms with E-state index in [0.717, 1.165) is 44.3 Å². The molecule has 1 aromatic rings. The third-order valence-corrected chi connectivity index (χ3v) is 2.63. The predicted molar refractivity (Wildman–Crippen MR) is 67.4 cm³/mol. The fourth-order valence-corrected chi connectivity index (χ4v) is 1.63. The first-order valence-corrected chi connectivity index (χ1v) is 6.27. The Morgan fingerprint density at radius 3 is 2.88 bits per heavy atom. The van der Waals surface area contributed by atoms with Gasteiger partial charge in [0, 0.05) is 31.3 Å². The van der Waals surface area contributed by atoms with Gasteiger partial charge < -0.3 is 16.0 Å². The number of aromatic amines is 1. The Hall–Kier alpha value is -1.36. The number of hydrogen-bond donors (Lipinski definition) is 3. The van der Waals surface area contributed by atoms with Gasteiger partial charge in [0.15, 0.2) is 0 Å². The number of carbonyl (C=O) groups is 1. The van der Waals surface area contributed by atoms with Crippen molar-refractivity contribution in [2.45, 2.75) is 38.5 Å². The molecule has 0 saturated heterocycles. The van der Waals surface area contributed by atoms with Crippen LogP contribution >= 0.6 is 0 Å². The van der Waals surface area contributed by atoms with Gasteiger partial charge in [-0.2, -0.15) is 0 Å². The summed E-state index contributed by atoms with van der Waals surface area (Å²) in [6, 6.07) is 0. The van der Waals surface area contributed by atoms with Crippen LogP contribution in [-0.2, 0) is 11.2 Å². The van der Waals surface area contributed by atoms with Crippen LogP contribution in [0.4, 0.5) is 0 Å². The van der Waals surface area contributed by atoms with E-state index in [-0.39, 0.29) is 5.91 Å². The third kappa shape index (κ3) is 6.73. The number of H-pyrrole nitrogens is 1. The minimum atomic E-state index is 0.136. The molecular weight excluding hydrogens is 216 g/mol. The van der Waals surface area contributed by atoms with Gasteiger partial charge in [0.05, 0.1) is 6.33 Å². The van der Waals surface area contributed by atoms with E-state index in [1.54, 1.807) is 12.5 Å². The molecular formula is C12H22N4O. The van der Waals surface area contributed by atoms with Crippen molar-refractivity contribution in [3.05, 3.63) is 18.2 Å². The highest BCUT2D eigenvalue weighted by Crippen LogP contribution is 2.01. The highest BCUT2D eigenvalue weighted by molar-refractivity contribution is 5.75. The summed E-state index contributed by atoms with van der Waals surface area (Å²) in [7, 11) is 0. The summed E-state index contributed by atoms with van der Waals surface area (Å²) in [5, 5.41) is 2.90. The molecule has 0 radical (unpaired) electrons. The van der Waals surface area contributed by atoms with Crippen molar-refractivity contribution in [2.75, 3.05) is 13.1 Å². The molecule has 5 heteroatoms. The molecule has 17 heavy (non-hydrogen) atoms. The van der Waals surface area contributed by atoms with Crippen LogP contribution in [0.15, 0.2) is 12.5 Å². The van der Waals surface area contributed by atoms with E-state index in [0.29, 0.717) is 13.0 Å². The highest BCUT2D eigenvalue weighted by atomic mass is 16.1. The van der Waals surface area contributed by atoms with E-state index in [2.05, 4.69) is 15.3 Å². The predicted octanol–water partition coefficient (Wildman–Crippen LogP) is 0.978. The Kier molecular flexibility index (Phi) is 7.06. The molecule has 1 amide bonds. The number of amides is 1. The van der Waals surface area contributed by atoms with Crippen molar-refractivity contribution in [1.82, 2.24) is 15.3 Å². The molecule has 1 rings (SSSR count). The summed E-state index contributed by atoms with van der Waals surface area (Å²) in [6.45, 7) is 1.42. The molecule has 5 nitrogen and oxygen atoms in total. The maximum Gasteiger partial charge on any atom is 0.220 e. The Morgan fingerprint density at radius 2 is 2.18 bits per heavy atom. The number of nitrogens with one attached hydrogen (secondary N) is 2. The topological polar surface area (TPSA) is 83.8 Å². The molecule has 0 atom stereocenters. The molecule has 0 aliphatic carbocycles. The molecule has 0 aliphatic rings. The number of carbonyl (C=O) groups excluding carboxylic acids is 1. The smallest absolute Gasteiger partial charge is 0.220 e. The van der Waals surface area contributed by atoms with E-state index in [1.165, 1.54) is 0 Å². The maximum atomic E-state index is 11.4. The van der Waals surface area contributed by atoms with E-state index < -0.39 is 0 Å². The van der Waals surface area contributed by atoms with Gasteiger partial charge in [-0.1, -0.05) is 12.8 Å². The van der Waals surface area contributed by atoms with Gasteiger partial charge in [0.25, 0.3) is 0 Å². The molecule has 0 aliphatic heterocycles. The van der Waals surface area contributed by atoms with Gasteiger partial charge in [-0.25, -0.2) is 4.98 Å². The lowest BCUT2D eigenvalue weighted by Crippen LogP contribution is -2.25. The Morgan fingerprint density at radius 1 is 1.35 bits per heavy atom. The number of unbranched alkanes of at least 4 members (excludes halogenated alkanes) is 3. The summed E-state index contributed by atoms with van der Waals surface area (Å²) in [5.74, 6) is 0.136. The second-order valence-electron chi connectivity index (χ2n) is 4.13. The van der Waals surface area contributed by atoms with Gasteiger partial charge in [-0.3, -0.25) is 4.79 Å². The normalized spacial score (nSPS) is 10.4. The fraction of sp³-hybridized carbons (Fsp3) is 0.667. The number of hydrogen-bond acceptors (Lipinski definition) is 3. The molecule has 0 fully saturated rings. The standard InChI is InChI=1S/C12H22N4O/c13-7-4-2-1-3-5-12(17)15-8-6-11-9-14-10-16-11/h9-10H,1-8,13H2,(H,14,16)(H,15,17). The number of imidazole rings is 1. The SMILES string of the molecule is NCCCCCCC(=O)NCCc1cnc[nH]1. The van der Waals surface area contributed by atoms with Crippen molar-refractivity contribution < 1.29 is 4.79 Å². The molecule has 0 aromatic carbocycles. The van der Waals surface area contributed by atoms with E-state index in [1.807, 2.05) is 0 Å². The van der Waals surface area contributed by atoms with Crippen LogP contribution in [0.2, 0.25) is 0 Å². The number of rotatable bonds is 9. The van der Waals surface area contributed by atoms with Gasteiger partial charge >= 0.3 is 0 Å². The second-order valence-corrected chi connectivity index (χ2v) is 4.13. The average Bonchev–Trinajstić information content (AvgIpc) is 2.82. The van der Waals surface area contributed by atoms with Crippen LogP contribution in [0.1, 0.15) is 37.8 Å². The van der Waals surface area contributed by atoms with E-state index in [9.17, 15) is 4.79 Å². The van der Waals surface area contributed by atoms with Gasteiger partial charge in [0.2, 0.25) is 5.91 Å². The lowest BCUT2D eigenvalue weighted by Gasteiger charge is -2.04. The van der Waals surface area contributed by atoms with E-state index in [4.69, 9.17) is 5.73 Å². The molecule has 96 valence electrons. The summed E-state index contributed by atoms with van der Waals surface area (Å²) in [4.78, 5) is 18.4. The second kappa shape index (κ2) is 8.75. The Balaban J connectivity index is 1.94. The summed E-state index contributed by atoms with van der Waals surface area (Å²) in [6.07, 6.45) is 9.07. The zero-order valence-corrected chi connectivity index (χ0v) is 10.2. The lowest BCUT2D eigenvalue weighted by atomic mass is 10.1. The van der Waals surface area contributed by atoms with Crippen molar-refractivity contribution in [3.8, 4) is 0 Å². The van der Waals surface area contributed by atoms with Crippen LogP contribution in [0.3, 0.4) is 0 Å². The quantitative estimate of drug-likeness (QED) is 0.561. The van der Waals surface area contributed by atoms with Crippen molar-refractivity contribution >= 4 is 5.91 Å². The minimum absolute atomic E-state index is 0.136. The zero-order valence-electron chi connectivity index (χ0n) is 10.2. The van der Waals surface area contributed by atoms with Crippen LogP contribution in [0, 0.1) is 0 Å². The number of aromatic nitrogens is 2. The van der Waals surface area contributed by atoms with Crippen molar-refractivity contribution in [2.24, 2.45) is 5.73 Å². The van der Waals surface area contributed by atoms with Crippen molar-refractivity contribution in [3.63, 3.8) is 0 Å². The first-order chi connectivity index (χ1) is 8.33. The van der Waals surface area contributed by atoms with Gasteiger partial charge in [0.1, 0.15) is 0 Å². The lowest BCUT2D eigenvalue weighted by molar-refractivity contribution is -0.121. The first kappa shape index (κ1) is 13.7. The molecule has 0 unspecified atom stereocenters. The molecule has 4 N–H and O–H groups in total. The van der Waals surface area contributed by atoms with Crippen LogP contribution < -0.4 is 11.1 Å². The molecule has 0 spiro atoms. The maximum absolute atomic E-state index is 11.4.